The number of piperidine rings is 1. The molecule has 9 nitrogen and oxygen atoms in total. The summed E-state index contributed by atoms with van der Waals surface area (Å²) < 4.78 is 26.7. The molecule has 2 aromatic heterocycles. The molecule has 1 saturated heterocycles. The number of hydrogen-bond acceptors (Lipinski definition) is 8. The van der Waals surface area contributed by atoms with Crippen LogP contribution < -0.4 is 15.0 Å². The molecule has 1 N–H and O–H groups in total. The molecule has 1 aliphatic carbocycles. The molecule has 1 unspecified atom stereocenters. The van der Waals surface area contributed by atoms with E-state index in [1.54, 1.807) is 11.6 Å². The monoisotopic (exact) mass is 461 g/mol. The first kappa shape index (κ1) is 21.0. The number of aryl methyl sites for hydroxylation is 2. The van der Waals surface area contributed by atoms with Gasteiger partial charge in [0.15, 0.2) is 0 Å². The Hall–Kier alpha value is -2.88. The van der Waals surface area contributed by atoms with E-state index in [1.807, 2.05) is 0 Å². The van der Waals surface area contributed by atoms with E-state index < -0.39 is 5.82 Å². The third-order valence-electron chi connectivity index (χ3n) is 6.09. The second-order valence-corrected chi connectivity index (χ2v) is 8.80. The van der Waals surface area contributed by atoms with Crippen LogP contribution in [-0.2, 0) is 6.54 Å². The molecule has 11 heteroatoms. The minimum atomic E-state index is -0.492. The Morgan fingerprint density at radius 1 is 1.25 bits per heavy atom. The first-order valence-corrected chi connectivity index (χ1v) is 11.3. The van der Waals surface area contributed by atoms with E-state index in [-0.39, 0.29) is 11.1 Å². The van der Waals surface area contributed by atoms with E-state index in [0.29, 0.717) is 48.0 Å². The lowest BCUT2D eigenvalue weighted by Gasteiger charge is -2.37. The summed E-state index contributed by atoms with van der Waals surface area (Å²) in [6, 6.07) is 5.44. The molecular formula is C21H25ClFN7O2. The van der Waals surface area contributed by atoms with Gasteiger partial charge in [-0.1, -0.05) is 23.6 Å². The highest BCUT2D eigenvalue weighted by molar-refractivity contribution is 6.30. The summed E-state index contributed by atoms with van der Waals surface area (Å²) in [5.74, 6) is 1.89. The molecule has 0 amide bonds. The van der Waals surface area contributed by atoms with Crippen molar-refractivity contribution >= 4 is 23.6 Å². The average Bonchev–Trinajstić information content (AvgIpc) is 3.42. The van der Waals surface area contributed by atoms with E-state index in [4.69, 9.17) is 20.8 Å². The molecule has 32 heavy (non-hydrogen) atoms. The van der Waals surface area contributed by atoms with Gasteiger partial charge in [0.2, 0.25) is 11.8 Å². The third kappa shape index (κ3) is 4.11. The maximum atomic E-state index is 13.5. The van der Waals surface area contributed by atoms with Gasteiger partial charge in [-0.2, -0.15) is 4.98 Å². The van der Waals surface area contributed by atoms with Gasteiger partial charge in [0.25, 0.3) is 0 Å². The first-order chi connectivity index (χ1) is 15.5. The molecule has 3 atom stereocenters. The molecule has 1 aliphatic heterocycles. The van der Waals surface area contributed by atoms with Crippen LogP contribution in [0.5, 0.6) is 11.8 Å². The number of anilines is 2. The summed E-state index contributed by atoms with van der Waals surface area (Å²) in [4.78, 5) is 6.75. The molecule has 2 aliphatic rings. The minimum absolute atomic E-state index is 0.00202. The zero-order valence-electron chi connectivity index (χ0n) is 18.0. The van der Waals surface area contributed by atoms with Crippen LogP contribution in [0.1, 0.15) is 32.1 Å². The summed E-state index contributed by atoms with van der Waals surface area (Å²) in [5, 5.41) is 16.3. The summed E-state index contributed by atoms with van der Waals surface area (Å²) in [6.07, 6.45) is 3.12. The van der Waals surface area contributed by atoms with Crippen LogP contribution in [-0.4, -0.2) is 44.1 Å². The molecule has 3 heterocycles. The van der Waals surface area contributed by atoms with Crippen LogP contribution in [0.2, 0.25) is 5.02 Å². The normalized spacial score (nSPS) is 22.4. The van der Waals surface area contributed by atoms with E-state index in [0.717, 1.165) is 32.4 Å². The van der Waals surface area contributed by atoms with Gasteiger partial charge in [0.05, 0.1) is 5.02 Å². The maximum absolute atomic E-state index is 13.5. The molecule has 1 aromatic carbocycles. The molecular weight excluding hydrogens is 437 g/mol. The van der Waals surface area contributed by atoms with Crippen molar-refractivity contribution in [1.82, 2.24) is 25.0 Å². The third-order valence-corrected chi connectivity index (χ3v) is 6.38. The molecule has 0 spiro atoms. The van der Waals surface area contributed by atoms with Crippen LogP contribution in [0.15, 0.2) is 22.6 Å². The number of aromatic nitrogens is 5. The van der Waals surface area contributed by atoms with E-state index in [9.17, 15) is 4.39 Å². The predicted octanol–water partition coefficient (Wildman–Crippen LogP) is 4.29. The number of rotatable bonds is 7. The number of benzene rings is 1. The van der Waals surface area contributed by atoms with Crippen molar-refractivity contribution < 1.29 is 13.5 Å². The topological polar surface area (TPSA) is 94.1 Å². The fourth-order valence-corrected chi connectivity index (χ4v) is 4.82. The molecule has 5 rings (SSSR count). The van der Waals surface area contributed by atoms with Crippen molar-refractivity contribution in [3.63, 3.8) is 0 Å². The van der Waals surface area contributed by atoms with Crippen molar-refractivity contribution in [2.24, 2.45) is 11.8 Å². The Balaban J connectivity index is 1.31. The lowest BCUT2D eigenvalue weighted by molar-refractivity contribution is 0.357. The lowest BCUT2D eigenvalue weighted by atomic mass is 9.92. The van der Waals surface area contributed by atoms with Crippen LogP contribution in [0.3, 0.4) is 0 Å². The van der Waals surface area contributed by atoms with Crippen LogP contribution in [0.25, 0.3) is 0 Å². The number of ether oxygens (including phenoxy) is 1. The maximum Gasteiger partial charge on any atom is 0.322 e. The highest BCUT2D eigenvalue weighted by Gasteiger charge is 2.43. The van der Waals surface area contributed by atoms with E-state index >= 15 is 0 Å². The first-order valence-electron chi connectivity index (χ1n) is 10.9. The SMILES string of the molecule is CCCn1nc(NC2[C@@H]3CC[C@H]2CN(c2nnc(C)o2)C3)nc1Oc1ccc(F)c(Cl)c1. The number of halogens is 2. The Bertz CT molecular complexity index is 1090. The van der Waals surface area contributed by atoms with Crippen molar-refractivity contribution in [3.05, 3.63) is 34.9 Å². The quantitative estimate of drug-likeness (QED) is 0.556. The minimum Gasteiger partial charge on any atom is -0.424 e. The van der Waals surface area contributed by atoms with Gasteiger partial charge in [0.1, 0.15) is 11.6 Å². The second-order valence-electron chi connectivity index (χ2n) is 8.40. The molecule has 2 fully saturated rings. The van der Waals surface area contributed by atoms with Crippen LogP contribution in [0.4, 0.5) is 16.4 Å². The van der Waals surface area contributed by atoms with Crippen molar-refractivity contribution in [2.75, 3.05) is 23.3 Å². The van der Waals surface area contributed by atoms with Gasteiger partial charge >= 0.3 is 12.0 Å². The highest BCUT2D eigenvalue weighted by atomic mass is 35.5. The number of nitrogens with one attached hydrogen (secondary N) is 1. The van der Waals surface area contributed by atoms with Crippen molar-refractivity contribution in [3.8, 4) is 11.8 Å². The number of nitrogens with zero attached hydrogens (tertiary/aromatic N) is 6. The largest absolute Gasteiger partial charge is 0.424 e. The van der Waals surface area contributed by atoms with Gasteiger partial charge in [0, 0.05) is 38.7 Å². The molecule has 3 aromatic rings. The molecule has 0 radical (unpaired) electrons. The molecule has 2 bridgehead atoms. The fraction of sp³-hybridized carbons (Fsp3) is 0.524. The van der Waals surface area contributed by atoms with Gasteiger partial charge in [-0.15, -0.1) is 10.2 Å². The van der Waals surface area contributed by atoms with Gasteiger partial charge in [-0.25, -0.2) is 9.07 Å². The van der Waals surface area contributed by atoms with E-state index in [2.05, 4.69) is 37.4 Å². The Kier molecular flexibility index (Phi) is 5.62. The van der Waals surface area contributed by atoms with Crippen LogP contribution >= 0.6 is 11.6 Å². The van der Waals surface area contributed by atoms with Gasteiger partial charge in [-0.3, -0.25) is 0 Å². The summed E-state index contributed by atoms with van der Waals surface area (Å²) in [6.45, 7) is 6.21. The van der Waals surface area contributed by atoms with Crippen molar-refractivity contribution in [1.29, 1.82) is 0 Å². The summed E-state index contributed by atoms with van der Waals surface area (Å²) in [7, 11) is 0. The Morgan fingerprint density at radius 3 is 2.69 bits per heavy atom. The summed E-state index contributed by atoms with van der Waals surface area (Å²) in [5.41, 5.74) is 0. The van der Waals surface area contributed by atoms with Crippen molar-refractivity contribution in [2.45, 2.75) is 45.7 Å². The van der Waals surface area contributed by atoms with Gasteiger partial charge < -0.3 is 19.4 Å². The van der Waals surface area contributed by atoms with Crippen LogP contribution in [0, 0.1) is 24.6 Å². The molecule has 1 saturated carbocycles. The fourth-order valence-electron chi connectivity index (χ4n) is 4.65. The van der Waals surface area contributed by atoms with E-state index in [1.165, 1.54) is 18.2 Å². The zero-order chi connectivity index (χ0) is 22.2. The predicted molar refractivity (Wildman–Crippen MR) is 117 cm³/mol. The average molecular weight is 462 g/mol. The number of fused-ring (bicyclic) bond motifs is 2. The Labute approximate surface area is 189 Å². The second kappa shape index (κ2) is 8.57. The smallest absolute Gasteiger partial charge is 0.322 e. The number of hydrogen-bond donors (Lipinski definition) is 1. The zero-order valence-corrected chi connectivity index (χ0v) is 18.7. The standard InChI is InChI=1S/C21H25ClFN7O2/c1-3-8-30-20(32-15-6-7-17(23)16(22)9-15)25-19(28-30)24-18-13-4-5-14(18)11-29(10-13)21-27-26-12(2)31-21/h6-7,9,13-14,18H,3-5,8,10-11H2,1-2H3,(H,24,28)/t13-,14+,18?. The summed E-state index contributed by atoms with van der Waals surface area (Å²) >= 11 is 5.88. The molecule has 170 valence electrons. The lowest BCUT2D eigenvalue weighted by Crippen LogP contribution is -2.48. The Morgan fingerprint density at radius 2 is 2.03 bits per heavy atom. The highest BCUT2D eigenvalue weighted by Crippen LogP contribution is 2.40. The van der Waals surface area contributed by atoms with Gasteiger partial charge in [-0.05, 0) is 43.2 Å².